The van der Waals surface area contributed by atoms with Gasteiger partial charge in [0, 0.05) is 0 Å². The van der Waals surface area contributed by atoms with E-state index in [0.717, 1.165) is 17.3 Å². The van der Waals surface area contributed by atoms with Crippen LogP contribution in [0.4, 0.5) is 0 Å². The van der Waals surface area contributed by atoms with Crippen LogP contribution in [0.5, 0.6) is 0 Å². The molecule has 6 aliphatic heterocycles. The summed E-state index contributed by atoms with van der Waals surface area (Å²) in [6.07, 6.45) is 6.21. The summed E-state index contributed by atoms with van der Waals surface area (Å²) in [6, 6.07) is 0. The van der Waals surface area contributed by atoms with E-state index < -0.39 is 0 Å². The number of hydrogen-bond donors (Lipinski definition) is 0. The van der Waals surface area contributed by atoms with E-state index in [4.69, 9.17) is 6.42 Å². The fourth-order valence-electron chi connectivity index (χ4n) is 4.04. The standard InChI is InChI=1S/C9H14N4.BrH/c1-2-3-12-4-10-6-13(8-12)7-11(5-12)9(10)13;/h1,9H,3-8H2;1H/q+2;/p-1. The van der Waals surface area contributed by atoms with Crippen molar-refractivity contribution in [3.05, 3.63) is 0 Å². The molecule has 6 saturated heterocycles. The largest absolute Gasteiger partial charge is 1.00 e. The summed E-state index contributed by atoms with van der Waals surface area (Å²) < 4.78 is 2.45. The molecule has 0 aromatic rings. The Kier molecular flexibility index (Phi) is 1.53. The molecule has 6 rings (SSSR count). The maximum atomic E-state index is 5.45. The number of hydrogen-bond acceptors (Lipinski definition) is 2. The van der Waals surface area contributed by atoms with Gasteiger partial charge in [-0.15, -0.1) is 16.2 Å². The zero-order valence-corrected chi connectivity index (χ0v) is 9.65. The van der Waals surface area contributed by atoms with Crippen LogP contribution in [-0.2, 0) is 0 Å². The third-order valence-corrected chi connectivity index (χ3v) is 4.04. The number of quaternary nitrogens is 2. The van der Waals surface area contributed by atoms with Gasteiger partial charge in [0.05, 0.1) is 0 Å². The van der Waals surface area contributed by atoms with Crippen LogP contribution in [0.3, 0.4) is 0 Å². The van der Waals surface area contributed by atoms with Gasteiger partial charge < -0.3 is 17.0 Å². The zero-order valence-electron chi connectivity index (χ0n) is 8.06. The summed E-state index contributed by atoms with van der Waals surface area (Å²) in [5, 5.41) is 0. The number of nitrogens with zero attached hydrogens (tertiary/aromatic N) is 4. The van der Waals surface area contributed by atoms with E-state index in [2.05, 4.69) is 15.7 Å². The van der Waals surface area contributed by atoms with Crippen molar-refractivity contribution in [2.45, 2.75) is 6.29 Å². The fourth-order valence-corrected chi connectivity index (χ4v) is 4.04. The van der Waals surface area contributed by atoms with Crippen LogP contribution >= 0.6 is 0 Å². The van der Waals surface area contributed by atoms with Crippen molar-refractivity contribution in [2.75, 3.05) is 39.9 Å². The van der Waals surface area contributed by atoms with Crippen molar-refractivity contribution in [1.82, 2.24) is 9.80 Å². The molecule has 0 saturated carbocycles. The average molecular weight is 258 g/mol. The lowest BCUT2D eigenvalue weighted by Crippen LogP contribution is -3.03. The number of rotatable bonds is 1. The van der Waals surface area contributed by atoms with E-state index in [1.165, 1.54) is 37.8 Å². The van der Waals surface area contributed by atoms with Crippen LogP contribution in [-0.4, -0.2) is 64.9 Å². The van der Waals surface area contributed by atoms with Crippen LogP contribution in [0.25, 0.3) is 0 Å². The molecule has 6 aliphatic rings. The van der Waals surface area contributed by atoms with Gasteiger partial charge in [0.25, 0.3) is 0 Å². The van der Waals surface area contributed by atoms with Crippen molar-refractivity contribution in [2.24, 2.45) is 0 Å². The molecule has 0 radical (unpaired) electrons. The van der Waals surface area contributed by atoms with Crippen LogP contribution in [0, 0.1) is 12.3 Å². The first-order chi connectivity index (χ1) is 6.27. The highest BCUT2D eigenvalue weighted by Crippen LogP contribution is 2.51. The second-order valence-corrected chi connectivity index (χ2v) is 5.15. The van der Waals surface area contributed by atoms with E-state index >= 15 is 0 Å². The van der Waals surface area contributed by atoms with E-state index in [0.29, 0.717) is 0 Å². The first-order valence-corrected chi connectivity index (χ1v) is 4.90. The molecule has 0 amide bonds. The molecule has 5 heteroatoms. The molecule has 0 aliphatic carbocycles. The fraction of sp³-hybridized carbons (Fsp3) is 0.778. The molecule has 1 spiro atoms. The highest BCUT2D eigenvalue weighted by molar-refractivity contribution is 4.89. The Labute approximate surface area is 94.6 Å². The minimum absolute atomic E-state index is 0. The molecule has 6 heterocycles. The van der Waals surface area contributed by atoms with Crippen LogP contribution in [0.1, 0.15) is 0 Å². The van der Waals surface area contributed by atoms with Gasteiger partial charge in [-0.3, -0.25) is 0 Å². The van der Waals surface area contributed by atoms with E-state index in [9.17, 15) is 0 Å². The van der Waals surface area contributed by atoms with Crippen LogP contribution in [0.15, 0.2) is 0 Å². The lowest BCUT2D eigenvalue weighted by atomic mass is 10.1. The van der Waals surface area contributed by atoms with Crippen LogP contribution < -0.4 is 17.0 Å². The normalized spacial score (nSPS) is 60.4. The Morgan fingerprint density at radius 1 is 1.21 bits per heavy atom. The predicted molar refractivity (Wildman–Crippen MR) is 46.0 cm³/mol. The predicted octanol–water partition coefficient (Wildman–Crippen LogP) is -4.01. The first-order valence-electron chi connectivity index (χ1n) is 4.90. The summed E-state index contributed by atoms with van der Waals surface area (Å²) in [5.41, 5.74) is 0. The molecule has 0 aromatic heterocycles. The van der Waals surface area contributed by atoms with Gasteiger partial charge in [-0.2, -0.15) is 0 Å². The highest BCUT2D eigenvalue weighted by Gasteiger charge is 2.78. The monoisotopic (exact) mass is 257 g/mol. The number of halogens is 1. The molecule has 2 unspecified atom stereocenters. The van der Waals surface area contributed by atoms with Crippen molar-refractivity contribution in [3.8, 4) is 12.3 Å². The van der Waals surface area contributed by atoms with Gasteiger partial charge >= 0.3 is 0 Å². The van der Waals surface area contributed by atoms with Gasteiger partial charge in [-0.1, -0.05) is 0 Å². The maximum absolute atomic E-state index is 5.45. The Morgan fingerprint density at radius 3 is 2.36 bits per heavy atom. The highest BCUT2D eigenvalue weighted by atomic mass is 79.9. The lowest BCUT2D eigenvalue weighted by Gasteiger charge is -2.78. The third-order valence-electron chi connectivity index (χ3n) is 4.04. The van der Waals surface area contributed by atoms with Crippen molar-refractivity contribution in [3.63, 3.8) is 0 Å². The van der Waals surface area contributed by atoms with Crippen molar-refractivity contribution < 1.29 is 25.9 Å². The SMILES string of the molecule is C#CC[N+]12CN3C[N+]4(CN(C1)C34)C2.[Br-]. The van der Waals surface area contributed by atoms with Crippen molar-refractivity contribution >= 4 is 0 Å². The van der Waals surface area contributed by atoms with E-state index in [1.807, 2.05) is 0 Å². The Bertz CT molecular complexity index is 320. The Hall–Kier alpha value is -0.120. The number of terminal acetylenes is 1. The minimum atomic E-state index is 0. The maximum Gasteiger partial charge on any atom is 0.229 e. The quantitative estimate of drug-likeness (QED) is 0.349. The van der Waals surface area contributed by atoms with Gasteiger partial charge in [-0.25, -0.2) is 8.97 Å². The average Bonchev–Trinajstić information content (AvgIpc) is 2.00. The molecule has 14 heavy (non-hydrogen) atoms. The van der Waals surface area contributed by atoms with Gasteiger partial charge in [0.1, 0.15) is 6.54 Å². The van der Waals surface area contributed by atoms with Gasteiger partial charge in [-0.05, 0) is 5.92 Å². The summed E-state index contributed by atoms with van der Waals surface area (Å²) in [7, 11) is 0. The Balaban J connectivity index is 0.000000640. The smallest absolute Gasteiger partial charge is 0.229 e. The van der Waals surface area contributed by atoms with Crippen molar-refractivity contribution in [1.29, 1.82) is 0 Å². The summed E-state index contributed by atoms with van der Waals surface area (Å²) in [5.74, 6) is 2.84. The lowest BCUT2D eigenvalue weighted by molar-refractivity contribution is -1.26. The Morgan fingerprint density at radius 2 is 1.86 bits per heavy atom. The van der Waals surface area contributed by atoms with Gasteiger partial charge in [0.2, 0.25) is 13.0 Å². The molecule has 2 atom stereocenters. The second kappa shape index (κ2) is 2.34. The summed E-state index contributed by atoms with van der Waals surface area (Å²) in [4.78, 5) is 5.15. The summed E-state index contributed by atoms with van der Waals surface area (Å²) in [6.45, 7) is 7.18. The van der Waals surface area contributed by atoms with E-state index in [1.54, 1.807) is 0 Å². The molecular weight excluding hydrogens is 244 g/mol. The molecule has 0 aromatic carbocycles. The van der Waals surface area contributed by atoms with Gasteiger partial charge in [0.15, 0.2) is 26.7 Å². The van der Waals surface area contributed by atoms with E-state index in [-0.39, 0.29) is 17.0 Å². The molecule has 0 N–H and O–H groups in total. The molecule has 6 fully saturated rings. The molecule has 76 valence electrons. The van der Waals surface area contributed by atoms with Crippen LogP contribution in [0.2, 0.25) is 0 Å². The second-order valence-electron chi connectivity index (χ2n) is 5.15. The third kappa shape index (κ3) is 0.730. The molecule has 5 bridgehead atoms. The molecular formula is C9H14BrN4+. The minimum Gasteiger partial charge on any atom is -1.00 e. The zero-order chi connectivity index (χ0) is 8.68. The topological polar surface area (TPSA) is 6.48 Å². The summed E-state index contributed by atoms with van der Waals surface area (Å²) >= 11 is 0. The molecule has 4 nitrogen and oxygen atoms in total. The first kappa shape index (κ1) is 9.13.